The van der Waals surface area contributed by atoms with E-state index >= 15 is 0 Å². The number of nitrogens with one attached hydrogen (secondary N) is 1. The van der Waals surface area contributed by atoms with Crippen LogP contribution in [0.1, 0.15) is 50.3 Å². The second-order valence-electron chi connectivity index (χ2n) is 5.60. The number of carbonyl (C=O) groups excluding carboxylic acids is 1. The highest BCUT2D eigenvalue weighted by Gasteiger charge is 2.20. The van der Waals surface area contributed by atoms with E-state index in [4.69, 9.17) is 0 Å². The second-order valence-corrected chi connectivity index (χ2v) is 5.60. The fourth-order valence-corrected chi connectivity index (χ4v) is 3.09. The van der Waals surface area contributed by atoms with Crippen molar-refractivity contribution in [3.8, 4) is 5.75 Å². The molecule has 0 saturated heterocycles. The Morgan fingerprint density at radius 1 is 1.38 bits per heavy atom. The lowest BCUT2D eigenvalue weighted by Crippen LogP contribution is -2.34. The van der Waals surface area contributed by atoms with Gasteiger partial charge in [0, 0.05) is 32.1 Å². The number of rotatable bonds is 6. The maximum Gasteiger partial charge on any atom is 0.223 e. The molecule has 0 aromatic heterocycles. The number of carbonyl (C=O) groups is 1. The van der Waals surface area contributed by atoms with E-state index in [1.165, 1.54) is 11.1 Å². The van der Waals surface area contributed by atoms with Crippen LogP contribution in [0.2, 0.25) is 0 Å². The van der Waals surface area contributed by atoms with E-state index in [1.807, 2.05) is 30.9 Å². The quantitative estimate of drug-likeness (QED) is 0.847. The topological polar surface area (TPSA) is 52.6 Å². The van der Waals surface area contributed by atoms with Gasteiger partial charge in [-0.2, -0.15) is 0 Å². The molecule has 0 aliphatic heterocycles. The van der Waals surface area contributed by atoms with Gasteiger partial charge in [-0.1, -0.05) is 6.07 Å². The van der Waals surface area contributed by atoms with Crippen molar-refractivity contribution in [3.05, 3.63) is 29.3 Å². The van der Waals surface area contributed by atoms with Gasteiger partial charge in [0.1, 0.15) is 5.75 Å². The van der Waals surface area contributed by atoms with Gasteiger partial charge in [-0.15, -0.1) is 0 Å². The van der Waals surface area contributed by atoms with Crippen molar-refractivity contribution in [2.75, 3.05) is 19.6 Å². The molecule has 1 unspecified atom stereocenters. The molecule has 0 heterocycles. The van der Waals surface area contributed by atoms with Crippen LogP contribution in [-0.4, -0.2) is 35.5 Å². The number of aryl methyl sites for hydroxylation is 1. The van der Waals surface area contributed by atoms with E-state index in [0.29, 0.717) is 18.7 Å². The standard InChI is InChI=1S/C17H26N2O2/c1-3-19(4-2)17(21)10-11-18-16-7-5-6-13-8-9-14(20)12-15(13)16/h8-9,12,16,18,20H,3-7,10-11H2,1-2H3. The van der Waals surface area contributed by atoms with E-state index in [1.54, 1.807) is 6.07 Å². The number of hydrogen-bond acceptors (Lipinski definition) is 3. The average Bonchev–Trinajstić information content (AvgIpc) is 2.49. The molecule has 0 bridgehead atoms. The van der Waals surface area contributed by atoms with Gasteiger partial charge in [0.2, 0.25) is 5.91 Å². The van der Waals surface area contributed by atoms with Gasteiger partial charge in [0.15, 0.2) is 0 Å². The van der Waals surface area contributed by atoms with Crippen LogP contribution in [0.4, 0.5) is 0 Å². The molecule has 1 aromatic carbocycles. The molecule has 0 fully saturated rings. The van der Waals surface area contributed by atoms with Gasteiger partial charge in [0.25, 0.3) is 0 Å². The molecule has 4 nitrogen and oxygen atoms in total. The number of fused-ring (bicyclic) bond motifs is 1. The Balaban J connectivity index is 1.90. The van der Waals surface area contributed by atoms with Gasteiger partial charge in [-0.3, -0.25) is 4.79 Å². The molecule has 0 spiro atoms. The SMILES string of the molecule is CCN(CC)C(=O)CCNC1CCCc2ccc(O)cc21. The minimum absolute atomic E-state index is 0.208. The Kier molecular flexibility index (Phi) is 5.62. The molecule has 1 aliphatic carbocycles. The number of aromatic hydroxyl groups is 1. The number of phenols is 1. The fourth-order valence-electron chi connectivity index (χ4n) is 3.09. The van der Waals surface area contributed by atoms with Crippen molar-refractivity contribution in [3.63, 3.8) is 0 Å². The average molecular weight is 290 g/mol. The molecule has 2 N–H and O–H groups in total. The highest BCUT2D eigenvalue weighted by molar-refractivity contribution is 5.76. The first-order valence-electron chi connectivity index (χ1n) is 7.98. The molecular weight excluding hydrogens is 264 g/mol. The molecule has 1 amide bonds. The third kappa shape index (κ3) is 3.97. The summed E-state index contributed by atoms with van der Waals surface area (Å²) < 4.78 is 0. The highest BCUT2D eigenvalue weighted by atomic mass is 16.3. The van der Waals surface area contributed by atoms with Crippen LogP contribution in [0.3, 0.4) is 0 Å². The van der Waals surface area contributed by atoms with Crippen molar-refractivity contribution >= 4 is 5.91 Å². The van der Waals surface area contributed by atoms with Crippen molar-refractivity contribution in [1.29, 1.82) is 0 Å². The summed E-state index contributed by atoms with van der Waals surface area (Å²) in [5, 5.41) is 13.1. The molecule has 2 rings (SSSR count). The zero-order chi connectivity index (χ0) is 15.2. The molecule has 1 aromatic rings. The summed E-state index contributed by atoms with van der Waals surface area (Å²) in [6.45, 7) is 6.25. The summed E-state index contributed by atoms with van der Waals surface area (Å²) in [4.78, 5) is 13.9. The maximum atomic E-state index is 12.0. The Hall–Kier alpha value is -1.55. The summed E-state index contributed by atoms with van der Waals surface area (Å²) in [7, 11) is 0. The van der Waals surface area contributed by atoms with E-state index in [0.717, 1.165) is 32.4 Å². The number of benzene rings is 1. The maximum absolute atomic E-state index is 12.0. The monoisotopic (exact) mass is 290 g/mol. The predicted molar refractivity (Wildman–Crippen MR) is 84.3 cm³/mol. The number of amides is 1. The van der Waals surface area contributed by atoms with Gasteiger partial charge in [-0.05, 0) is 56.4 Å². The van der Waals surface area contributed by atoms with Crippen molar-refractivity contribution < 1.29 is 9.90 Å². The summed E-state index contributed by atoms with van der Waals surface area (Å²) >= 11 is 0. The van der Waals surface area contributed by atoms with Crippen molar-refractivity contribution in [2.45, 2.75) is 45.6 Å². The largest absolute Gasteiger partial charge is 0.508 e. The van der Waals surface area contributed by atoms with E-state index in [-0.39, 0.29) is 11.9 Å². The van der Waals surface area contributed by atoms with Gasteiger partial charge < -0.3 is 15.3 Å². The molecule has 1 atom stereocenters. The summed E-state index contributed by atoms with van der Waals surface area (Å²) in [5.41, 5.74) is 2.50. The van der Waals surface area contributed by atoms with Crippen LogP contribution >= 0.6 is 0 Å². The second kappa shape index (κ2) is 7.46. The van der Waals surface area contributed by atoms with Crippen LogP contribution in [0.25, 0.3) is 0 Å². The zero-order valence-electron chi connectivity index (χ0n) is 13.1. The fraction of sp³-hybridized carbons (Fsp3) is 0.588. The Morgan fingerprint density at radius 3 is 2.86 bits per heavy atom. The minimum atomic E-state index is 0.208. The molecule has 1 aliphatic rings. The number of nitrogens with zero attached hydrogens (tertiary/aromatic N) is 1. The van der Waals surface area contributed by atoms with Crippen LogP contribution in [0.5, 0.6) is 5.75 Å². The van der Waals surface area contributed by atoms with Crippen LogP contribution in [0, 0.1) is 0 Å². The first kappa shape index (κ1) is 15.8. The summed E-state index contributed by atoms with van der Waals surface area (Å²) in [6.07, 6.45) is 3.83. The summed E-state index contributed by atoms with van der Waals surface area (Å²) in [6, 6.07) is 5.88. The first-order valence-corrected chi connectivity index (χ1v) is 7.98. The molecular formula is C17H26N2O2. The van der Waals surface area contributed by atoms with E-state index in [2.05, 4.69) is 5.32 Å². The minimum Gasteiger partial charge on any atom is -0.508 e. The molecule has 0 radical (unpaired) electrons. The number of phenolic OH excluding ortho intramolecular Hbond substituents is 1. The smallest absolute Gasteiger partial charge is 0.223 e. The Labute approximate surface area is 127 Å². The van der Waals surface area contributed by atoms with Gasteiger partial charge in [-0.25, -0.2) is 0 Å². The molecule has 21 heavy (non-hydrogen) atoms. The first-order chi connectivity index (χ1) is 10.2. The van der Waals surface area contributed by atoms with E-state index in [9.17, 15) is 9.90 Å². The Morgan fingerprint density at radius 2 is 2.14 bits per heavy atom. The lowest BCUT2D eigenvalue weighted by atomic mass is 9.87. The van der Waals surface area contributed by atoms with Gasteiger partial charge in [0.05, 0.1) is 0 Å². The third-order valence-electron chi connectivity index (χ3n) is 4.29. The number of hydrogen-bond donors (Lipinski definition) is 2. The molecule has 4 heteroatoms. The lowest BCUT2D eigenvalue weighted by Gasteiger charge is -2.27. The predicted octanol–water partition coefficient (Wildman–Crippen LogP) is 2.62. The third-order valence-corrected chi connectivity index (χ3v) is 4.29. The summed E-state index contributed by atoms with van der Waals surface area (Å²) in [5.74, 6) is 0.529. The van der Waals surface area contributed by atoms with Crippen LogP contribution < -0.4 is 5.32 Å². The molecule has 0 saturated carbocycles. The van der Waals surface area contributed by atoms with E-state index < -0.39 is 0 Å². The Bertz CT molecular complexity index is 484. The van der Waals surface area contributed by atoms with Crippen molar-refractivity contribution in [1.82, 2.24) is 10.2 Å². The van der Waals surface area contributed by atoms with Crippen molar-refractivity contribution in [2.24, 2.45) is 0 Å². The van der Waals surface area contributed by atoms with Crippen LogP contribution in [0.15, 0.2) is 18.2 Å². The lowest BCUT2D eigenvalue weighted by molar-refractivity contribution is -0.130. The van der Waals surface area contributed by atoms with Crippen LogP contribution in [-0.2, 0) is 11.2 Å². The van der Waals surface area contributed by atoms with Gasteiger partial charge >= 0.3 is 0 Å². The molecule has 116 valence electrons. The normalized spacial score (nSPS) is 17.3. The zero-order valence-corrected chi connectivity index (χ0v) is 13.1. The highest BCUT2D eigenvalue weighted by Crippen LogP contribution is 2.31.